The highest BCUT2D eigenvalue weighted by Gasteiger charge is 2.13. The molecule has 0 aliphatic rings. The summed E-state index contributed by atoms with van der Waals surface area (Å²) in [5.41, 5.74) is 0.146. The third kappa shape index (κ3) is 3.65. The van der Waals surface area contributed by atoms with Gasteiger partial charge in [-0.15, -0.1) is 10.2 Å². The summed E-state index contributed by atoms with van der Waals surface area (Å²) in [4.78, 5) is 21.9. The molecule has 11 heteroatoms. The molecule has 116 valence electrons. The van der Waals surface area contributed by atoms with Crippen LogP contribution in [0.1, 0.15) is 5.82 Å². The Labute approximate surface area is 134 Å². The van der Waals surface area contributed by atoms with Crippen molar-refractivity contribution in [3.05, 3.63) is 39.2 Å². The molecule has 1 amide bonds. The SMILES string of the molecule is Cc1nnc(SCC(=O)Nc2ccc([N+](=O)[O-])cc2Cl)n1N. The number of hydrogen-bond donors (Lipinski definition) is 2. The van der Waals surface area contributed by atoms with Crippen molar-refractivity contribution in [3.63, 3.8) is 0 Å². The smallest absolute Gasteiger partial charge is 0.271 e. The third-order valence-corrected chi connectivity index (χ3v) is 3.86. The topological polar surface area (TPSA) is 129 Å². The van der Waals surface area contributed by atoms with Crippen LogP contribution in [0.4, 0.5) is 11.4 Å². The van der Waals surface area contributed by atoms with E-state index in [9.17, 15) is 14.9 Å². The molecule has 0 unspecified atom stereocenters. The van der Waals surface area contributed by atoms with Crippen LogP contribution < -0.4 is 11.2 Å². The number of carbonyl (C=O) groups is 1. The Morgan fingerprint density at radius 2 is 2.27 bits per heavy atom. The highest BCUT2D eigenvalue weighted by molar-refractivity contribution is 7.99. The summed E-state index contributed by atoms with van der Waals surface area (Å²) in [5.74, 6) is 5.89. The van der Waals surface area contributed by atoms with E-state index in [1.54, 1.807) is 6.92 Å². The van der Waals surface area contributed by atoms with Gasteiger partial charge in [0.15, 0.2) is 0 Å². The molecule has 2 aromatic rings. The molecule has 0 fully saturated rings. The van der Waals surface area contributed by atoms with Crippen molar-refractivity contribution in [2.75, 3.05) is 16.9 Å². The van der Waals surface area contributed by atoms with Gasteiger partial charge in [0.05, 0.1) is 21.4 Å². The number of aryl methyl sites for hydroxylation is 1. The first-order valence-corrected chi connectivity index (χ1v) is 7.28. The second-order valence-electron chi connectivity index (χ2n) is 4.16. The van der Waals surface area contributed by atoms with Crippen LogP contribution in [-0.2, 0) is 4.79 Å². The number of hydrogen-bond acceptors (Lipinski definition) is 7. The van der Waals surface area contributed by atoms with Crippen molar-refractivity contribution in [2.24, 2.45) is 0 Å². The van der Waals surface area contributed by atoms with Crippen molar-refractivity contribution in [2.45, 2.75) is 12.1 Å². The quantitative estimate of drug-likeness (QED) is 0.365. The van der Waals surface area contributed by atoms with Gasteiger partial charge < -0.3 is 11.2 Å². The second-order valence-corrected chi connectivity index (χ2v) is 5.51. The molecule has 1 heterocycles. The van der Waals surface area contributed by atoms with E-state index in [-0.39, 0.29) is 22.4 Å². The number of carbonyl (C=O) groups excluding carboxylic acids is 1. The van der Waals surface area contributed by atoms with E-state index >= 15 is 0 Å². The minimum Gasteiger partial charge on any atom is -0.336 e. The number of nitrogen functional groups attached to an aromatic ring is 1. The average molecular weight is 343 g/mol. The molecular formula is C11H11ClN6O3S. The summed E-state index contributed by atoms with van der Waals surface area (Å²) in [5, 5.41) is 21.2. The van der Waals surface area contributed by atoms with Gasteiger partial charge in [0.1, 0.15) is 5.82 Å². The second kappa shape index (κ2) is 6.62. The largest absolute Gasteiger partial charge is 0.336 e. The van der Waals surface area contributed by atoms with E-state index in [0.717, 1.165) is 11.8 Å². The Morgan fingerprint density at radius 1 is 1.55 bits per heavy atom. The lowest BCUT2D eigenvalue weighted by Gasteiger charge is -2.06. The van der Waals surface area contributed by atoms with Gasteiger partial charge >= 0.3 is 0 Å². The summed E-state index contributed by atoms with van der Waals surface area (Å²) in [6.45, 7) is 1.69. The molecule has 2 rings (SSSR count). The molecule has 0 aliphatic heterocycles. The van der Waals surface area contributed by atoms with Gasteiger partial charge in [-0.3, -0.25) is 14.9 Å². The minimum absolute atomic E-state index is 0.0443. The summed E-state index contributed by atoms with van der Waals surface area (Å²) in [7, 11) is 0. The summed E-state index contributed by atoms with van der Waals surface area (Å²) in [6.07, 6.45) is 0. The fraction of sp³-hybridized carbons (Fsp3) is 0.182. The number of amides is 1. The molecule has 0 aliphatic carbocycles. The lowest BCUT2D eigenvalue weighted by atomic mass is 10.3. The van der Waals surface area contributed by atoms with Gasteiger partial charge in [-0.2, -0.15) is 0 Å². The van der Waals surface area contributed by atoms with E-state index < -0.39 is 4.92 Å². The maximum Gasteiger partial charge on any atom is 0.271 e. The molecule has 22 heavy (non-hydrogen) atoms. The molecule has 0 saturated heterocycles. The van der Waals surface area contributed by atoms with Gasteiger partial charge in [-0.05, 0) is 13.0 Å². The van der Waals surface area contributed by atoms with Crippen LogP contribution in [0.15, 0.2) is 23.4 Å². The predicted molar refractivity (Wildman–Crippen MR) is 82.4 cm³/mol. The number of nitrogens with two attached hydrogens (primary N) is 1. The first-order chi connectivity index (χ1) is 10.4. The maximum absolute atomic E-state index is 11.9. The average Bonchev–Trinajstić information content (AvgIpc) is 2.78. The predicted octanol–water partition coefficient (Wildman–Crippen LogP) is 1.59. The van der Waals surface area contributed by atoms with Crippen molar-refractivity contribution in [1.82, 2.24) is 14.9 Å². The van der Waals surface area contributed by atoms with Gasteiger partial charge in [0.25, 0.3) is 5.69 Å². The monoisotopic (exact) mass is 342 g/mol. The molecule has 0 bridgehead atoms. The number of nitro groups is 1. The third-order valence-electron chi connectivity index (χ3n) is 2.60. The molecule has 1 aromatic heterocycles. The minimum atomic E-state index is -0.566. The van der Waals surface area contributed by atoms with Crippen molar-refractivity contribution >= 4 is 40.6 Å². The normalized spacial score (nSPS) is 10.5. The first-order valence-electron chi connectivity index (χ1n) is 5.92. The highest BCUT2D eigenvalue weighted by atomic mass is 35.5. The molecule has 9 nitrogen and oxygen atoms in total. The van der Waals surface area contributed by atoms with Gasteiger partial charge in [0, 0.05) is 12.1 Å². The number of thioether (sulfide) groups is 1. The molecule has 0 radical (unpaired) electrons. The highest BCUT2D eigenvalue weighted by Crippen LogP contribution is 2.27. The van der Waals surface area contributed by atoms with Gasteiger partial charge in [0.2, 0.25) is 11.1 Å². The number of benzene rings is 1. The number of rotatable bonds is 5. The fourth-order valence-corrected chi connectivity index (χ4v) is 2.41. The first kappa shape index (κ1) is 16.0. The van der Waals surface area contributed by atoms with Crippen LogP contribution in [0, 0.1) is 17.0 Å². The lowest BCUT2D eigenvalue weighted by molar-refractivity contribution is -0.384. The molecule has 0 spiro atoms. The van der Waals surface area contributed by atoms with E-state index in [0.29, 0.717) is 16.7 Å². The molecule has 1 aromatic carbocycles. The summed E-state index contributed by atoms with van der Waals surface area (Å²) in [6, 6.07) is 3.80. The zero-order valence-corrected chi connectivity index (χ0v) is 12.9. The van der Waals surface area contributed by atoms with E-state index in [4.69, 9.17) is 17.4 Å². The molecule has 0 atom stereocenters. The van der Waals surface area contributed by atoms with Crippen LogP contribution in [-0.4, -0.2) is 31.5 Å². The Balaban J connectivity index is 1.97. The Bertz CT molecular complexity index is 735. The maximum atomic E-state index is 11.9. The number of non-ortho nitro benzene ring substituents is 1. The Hall–Kier alpha value is -2.33. The van der Waals surface area contributed by atoms with E-state index in [2.05, 4.69) is 15.5 Å². The fourth-order valence-electron chi connectivity index (χ4n) is 1.48. The van der Waals surface area contributed by atoms with Gasteiger partial charge in [-0.1, -0.05) is 23.4 Å². The Morgan fingerprint density at radius 3 is 2.82 bits per heavy atom. The van der Waals surface area contributed by atoms with Crippen LogP contribution in [0.25, 0.3) is 0 Å². The van der Waals surface area contributed by atoms with E-state index in [1.807, 2.05) is 0 Å². The summed E-state index contributed by atoms with van der Waals surface area (Å²) < 4.78 is 1.27. The molecule has 0 saturated carbocycles. The van der Waals surface area contributed by atoms with Crippen molar-refractivity contribution < 1.29 is 9.72 Å². The zero-order chi connectivity index (χ0) is 16.3. The van der Waals surface area contributed by atoms with Crippen LogP contribution in [0.5, 0.6) is 0 Å². The standard InChI is InChI=1S/C11H11ClN6O3S/c1-6-15-16-11(17(6)13)22-5-10(19)14-9-3-2-7(18(20)21)4-8(9)12/h2-4H,5,13H2,1H3,(H,14,19). The summed E-state index contributed by atoms with van der Waals surface area (Å²) >= 11 is 7.00. The van der Waals surface area contributed by atoms with E-state index in [1.165, 1.54) is 22.9 Å². The molecule has 3 N–H and O–H groups in total. The van der Waals surface area contributed by atoms with Gasteiger partial charge in [-0.25, -0.2) is 4.68 Å². The number of nitro benzene ring substituents is 1. The zero-order valence-electron chi connectivity index (χ0n) is 11.3. The number of nitrogens with one attached hydrogen (secondary N) is 1. The number of halogens is 1. The van der Waals surface area contributed by atoms with Crippen LogP contribution >= 0.6 is 23.4 Å². The van der Waals surface area contributed by atoms with Crippen LogP contribution in [0.3, 0.4) is 0 Å². The number of anilines is 1. The lowest BCUT2D eigenvalue weighted by Crippen LogP contribution is -2.16. The molecular weight excluding hydrogens is 332 g/mol. The Kier molecular flexibility index (Phi) is 4.83. The van der Waals surface area contributed by atoms with Crippen LogP contribution in [0.2, 0.25) is 5.02 Å². The van der Waals surface area contributed by atoms with Crippen molar-refractivity contribution in [1.29, 1.82) is 0 Å². The van der Waals surface area contributed by atoms with Crippen molar-refractivity contribution in [3.8, 4) is 0 Å². The number of aromatic nitrogens is 3. The number of nitrogens with zero attached hydrogens (tertiary/aromatic N) is 4.